The van der Waals surface area contributed by atoms with Crippen molar-refractivity contribution in [2.24, 2.45) is 0 Å². The molecule has 2 rings (SSSR count). The zero-order valence-corrected chi connectivity index (χ0v) is 10.7. The fourth-order valence-corrected chi connectivity index (χ4v) is 2.02. The molecule has 0 aromatic carbocycles. The standard InChI is InChI=1S/C12H20N4O/c1-4-9-8(2)11(13)15-12(14-9)10-7-16(3)5-6-17-10/h10H,4-7H2,1-3H3,(H2,13,14,15). The third-order valence-corrected chi connectivity index (χ3v) is 3.19. The van der Waals surface area contributed by atoms with Crippen molar-refractivity contribution >= 4 is 5.82 Å². The predicted molar refractivity (Wildman–Crippen MR) is 66.7 cm³/mol. The van der Waals surface area contributed by atoms with Crippen molar-refractivity contribution in [2.45, 2.75) is 26.4 Å². The fraction of sp³-hybridized carbons (Fsp3) is 0.667. The SMILES string of the molecule is CCc1nc(C2CN(C)CCO2)nc(N)c1C. The first-order valence-electron chi connectivity index (χ1n) is 6.04. The van der Waals surface area contributed by atoms with E-state index in [9.17, 15) is 0 Å². The van der Waals surface area contributed by atoms with Crippen molar-refractivity contribution in [3.63, 3.8) is 0 Å². The van der Waals surface area contributed by atoms with Crippen molar-refractivity contribution in [3.05, 3.63) is 17.1 Å². The number of likely N-dealkylation sites (N-methyl/N-ethyl adjacent to an activating group) is 1. The summed E-state index contributed by atoms with van der Waals surface area (Å²) in [5, 5.41) is 0. The highest BCUT2D eigenvalue weighted by molar-refractivity contribution is 5.41. The minimum atomic E-state index is -0.0538. The number of aromatic nitrogens is 2. The summed E-state index contributed by atoms with van der Waals surface area (Å²) in [6, 6.07) is 0. The molecule has 5 nitrogen and oxygen atoms in total. The number of ether oxygens (including phenoxy) is 1. The van der Waals surface area contributed by atoms with Crippen LogP contribution < -0.4 is 5.73 Å². The number of aryl methyl sites for hydroxylation is 1. The molecule has 0 amide bonds. The van der Waals surface area contributed by atoms with Gasteiger partial charge >= 0.3 is 0 Å². The number of nitrogen functional groups attached to an aromatic ring is 1. The van der Waals surface area contributed by atoms with E-state index in [0.717, 1.165) is 43.2 Å². The summed E-state index contributed by atoms with van der Waals surface area (Å²) in [6.07, 6.45) is 0.815. The highest BCUT2D eigenvalue weighted by Crippen LogP contribution is 2.21. The highest BCUT2D eigenvalue weighted by Gasteiger charge is 2.23. The van der Waals surface area contributed by atoms with Gasteiger partial charge in [0, 0.05) is 24.3 Å². The summed E-state index contributed by atoms with van der Waals surface area (Å²) in [5.74, 6) is 1.29. The number of rotatable bonds is 2. The van der Waals surface area contributed by atoms with E-state index in [-0.39, 0.29) is 6.10 Å². The van der Waals surface area contributed by atoms with Crippen LogP contribution in [0.2, 0.25) is 0 Å². The number of hydrogen-bond acceptors (Lipinski definition) is 5. The molecule has 5 heteroatoms. The van der Waals surface area contributed by atoms with E-state index in [4.69, 9.17) is 10.5 Å². The van der Waals surface area contributed by atoms with Crippen LogP contribution in [0, 0.1) is 6.92 Å². The van der Waals surface area contributed by atoms with Gasteiger partial charge in [-0.15, -0.1) is 0 Å². The minimum absolute atomic E-state index is 0.0538. The monoisotopic (exact) mass is 236 g/mol. The number of nitrogens with zero attached hydrogens (tertiary/aromatic N) is 3. The van der Waals surface area contributed by atoms with Gasteiger partial charge in [-0.3, -0.25) is 0 Å². The molecule has 94 valence electrons. The molecule has 1 aromatic heterocycles. The fourth-order valence-electron chi connectivity index (χ4n) is 2.02. The maximum Gasteiger partial charge on any atom is 0.161 e. The topological polar surface area (TPSA) is 64.3 Å². The maximum atomic E-state index is 5.92. The second-order valence-electron chi connectivity index (χ2n) is 4.51. The first kappa shape index (κ1) is 12.3. The normalized spacial score (nSPS) is 21.7. The van der Waals surface area contributed by atoms with Crippen LogP contribution in [0.5, 0.6) is 0 Å². The molecule has 0 aliphatic carbocycles. The van der Waals surface area contributed by atoms with Crippen molar-refractivity contribution in [3.8, 4) is 0 Å². The summed E-state index contributed by atoms with van der Waals surface area (Å²) < 4.78 is 5.71. The molecule has 2 N–H and O–H groups in total. The van der Waals surface area contributed by atoms with Gasteiger partial charge in [-0.25, -0.2) is 9.97 Å². The van der Waals surface area contributed by atoms with E-state index >= 15 is 0 Å². The van der Waals surface area contributed by atoms with E-state index in [1.54, 1.807) is 0 Å². The second-order valence-corrected chi connectivity index (χ2v) is 4.51. The van der Waals surface area contributed by atoms with Gasteiger partial charge in [0.25, 0.3) is 0 Å². The van der Waals surface area contributed by atoms with Crippen LogP contribution in [-0.4, -0.2) is 41.6 Å². The molecule has 1 fully saturated rings. The predicted octanol–water partition coefficient (Wildman–Crippen LogP) is 0.933. The Hall–Kier alpha value is -1.20. The van der Waals surface area contributed by atoms with Gasteiger partial charge in [-0.1, -0.05) is 6.92 Å². The molecule has 2 heterocycles. The van der Waals surface area contributed by atoms with Crippen molar-refractivity contribution < 1.29 is 4.74 Å². The Morgan fingerprint density at radius 1 is 1.47 bits per heavy atom. The number of anilines is 1. The van der Waals surface area contributed by atoms with Crippen LogP contribution >= 0.6 is 0 Å². The number of morpholine rings is 1. The number of hydrogen-bond donors (Lipinski definition) is 1. The minimum Gasteiger partial charge on any atom is -0.383 e. The molecular formula is C12H20N4O. The lowest BCUT2D eigenvalue weighted by Crippen LogP contribution is -2.36. The van der Waals surface area contributed by atoms with Gasteiger partial charge in [0.1, 0.15) is 11.9 Å². The molecule has 0 radical (unpaired) electrons. The first-order chi connectivity index (χ1) is 8.11. The summed E-state index contributed by atoms with van der Waals surface area (Å²) in [5.41, 5.74) is 7.92. The zero-order chi connectivity index (χ0) is 12.4. The Kier molecular flexibility index (Phi) is 3.59. The Labute approximate surface area is 102 Å². The molecule has 1 atom stereocenters. The van der Waals surface area contributed by atoms with Crippen LogP contribution in [0.3, 0.4) is 0 Å². The molecule has 0 saturated carbocycles. The molecular weight excluding hydrogens is 216 g/mol. The molecule has 0 bridgehead atoms. The zero-order valence-electron chi connectivity index (χ0n) is 10.7. The average Bonchev–Trinajstić information content (AvgIpc) is 2.32. The summed E-state index contributed by atoms with van der Waals surface area (Å²) >= 11 is 0. The van der Waals surface area contributed by atoms with Crippen molar-refractivity contribution in [1.82, 2.24) is 14.9 Å². The maximum absolute atomic E-state index is 5.92. The average molecular weight is 236 g/mol. The van der Waals surface area contributed by atoms with Crippen molar-refractivity contribution in [1.29, 1.82) is 0 Å². The largest absolute Gasteiger partial charge is 0.383 e. The lowest BCUT2D eigenvalue weighted by atomic mass is 10.1. The Morgan fingerprint density at radius 3 is 2.88 bits per heavy atom. The summed E-state index contributed by atoms with van der Waals surface area (Å²) in [7, 11) is 2.08. The third kappa shape index (κ3) is 2.56. The van der Waals surface area contributed by atoms with E-state index in [1.807, 2.05) is 6.92 Å². The van der Waals surface area contributed by atoms with Crippen LogP contribution in [0.25, 0.3) is 0 Å². The molecule has 1 unspecified atom stereocenters. The van der Waals surface area contributed by atoms with E-state index < -0.39 is 0 Å². The lowest BCUT2D eigenvalue weighted by molar-refractivity contribution is -0.0255. The molecule has 1 aliphatic rings. The molecule has 1 aliphatic heterocycles. The molecule has 17 heavy (non-hydrogen) atoms. The van der Waals surface area contributed by atoms with Gasteiger partial charge in [-0.05, 0) is 20.4 Å². The van der Waals surface area contributed by atoms with Gasteiger partial charge in [-0.2, -0.15) is 0 Å². The highest BCUT2D eigenvalue weighted by atomic mass is 16.5. The third-order valence-electron chi connectivity index (χ3n) is 3.19. The molecule has 1 aromatic rings. The van der Waals surface area contributed by atoms with Crippen molar-refractivity contribution in [2.75, 3.05) is 32.5 Å². The Morgan fingerprint density at radius 2 is 2.24 bits per heavy atom. The summed E-state index contributed by atoms with van der Waals surface area (Å²) in [4.78, 5) is 11.1. The first-order valence-corrected chi connectivity index (χ1v) is 6.04. The quantitative estimate of drug-likeness (QED) is 0.827. The van der Waals surface area contributed by atoms with E-state index in [1.165, 1.54) is 0 Å². The van der Waals surface area contributed by atoms with Crippen LogP contribution in [0.4, 0.5) is 5.82 Å². The van der Waals surface area contributed by atoms with Gasteiger partial charge in [0.05, 0.1) is 6.61 Å². The van der Waals surface area contributed by atoms with Crippen LogP contribution in [-0.2, 0) is 11.2 Å². The molecule has 0 spiro atoms. The number of nitrogens with two attached hydrogens (primary N) is 1. The van der Waals surface area contributed by atoms with Crippen LogP contribution in [0.15, 0.2) is 0 Å². The van der Waals surface area contributed by atoms with Gasteiger partial charge < -0.3 is 15.4 Å². The molecule has 1 saturated heterocycles. The Balaban J connectivity index is 2.29. The van der Waals surface area contributed by atoms with Gasteiger partial charge in [0.2, 0.25) is 0 Å². The second kappa shape index (κ2) is 4.98. The Bertz CT molecular complexity index is 408. The van der Waals surface area contributed by atoms with Crippen LogP contribution in [0.1, 0.15) is 30.1 Å². The van der Waals surface area contributed by atoms with E-state index in [0.29, 0.717) is 5.82 Å². The smallest absolute Gasteiger partial charge is 0.161 e. The lowest BCUT2D eigenvalue weighted by Gasteiger charge is -2.29. The van der Waals surface area contributed by atoms with E-state index in [2.05, 4.69) is 28.8 Å². The van der Waals surface area contributed by atoms with Gasteiger partial charge in [0.15, 0.2) is 5.82 Å². The summed E-state index contributed by atoms with van der Waals surface area (Å²) in [6.45, 7) is 6.54.